The van der Waals surface area contributed by atoms with Crippen molar-refractivity contribution in [3.63, 3.8) is 0 Å². The molecule has 1 atom stereocenters. The van der Waals surface area contributed by atoms with Crippen molar-refractivity contribution in [3.8, 4) is 11.5 Å². The Hall–Kier alpha value is -4.73. The van der Waals surface area contributed by atoms with Gasteiger partial charge in [-0.2, -0.15) is 0 Å². The zero-order valence-corrected chi connectivity index (χ0v) is 19.9. The van der Waals surface area contributed by atoms with E-state index >= 15 is 0 Å². The second kappa shape index (κ2) is 9.38. The molecule has 2 heterocycles. The minimum atomic E-state index is -0.952. The number of rotatable bonds is 7. The van der Waals surface area contributed by atoms with E-state index in [4.69, 9.17) is 13.9 Å². The molecule has 1 unspecified atom stereocenters. The summed E-state index contributed by atoms with van der Waals surface area (Å²) in [6.07, 6.45) is 0.383. The van der Waals surface area contributed by atoms with Crippen LogP contribution in [0.1, 0.15) is 33.3 Å². The molecule has 0 saturated carbocycles. The van der Waals surface area contributed by atoms with E-state index in [0.29, 0.717) is 23.5 Å². The zero-order chi connectivity index (χ0) is 26.3. The van der Waals surface area contributed by atoms with Crippen LogP contribution in [0.15, 0.2) is 69.9 Å². The quantitative estimate of drug-likeness (QED) is 0.266. The fourth-order valence-corrected chi connectivity index (χ4v) is 4.66. The van der Waals surface area contributed by atoms with E-state index in [9.17, 15) is 24.1 Å². The lowest BCUT2D eigenvalue weighted by Gasteiger charge is -2.25. The fraction of sp³-hybridized carbons (Fsp3) is 0.185. The molecule has 0 fully saturated rings. The van der Waals surface area contributed by atoms with Crippen LogP contribution >= 0.6 is 0 Å². The Kier molecular flexibility index (Phi) is 6.08. The van der Waals surface area contributed by atoms with Gasteiger partial charge in [0.25, 0.3) is 11.6 Å². The number of halogens is 1. The number of ether oxygens (including phenoxy) is 2. The van der Waals surface area contributed by atoms with Crippen LogP contribution in [-0.2, 0) is 6.42 Å². The van der Waals surface area contributed by atoms with E-state index in [2.05, 4.69) is 0 Å². The van der Waals surface area contributed by atoms with Crippen LogP contribution in [0, 0.1) is 15.9 Å². The van der Waals surface area contributed by atoms with Gasteiger partial charge in [-0.15, -0.1) is 0 Å². The van der Waals surface area contributed by atoms with Gasteiger partial charge in [0.15, 0.2) is 16.9 Å². The van der Waals surface area contributed by atoms with Gasteiger partial charge in [0.2, 0.25) is 5.76 Å². The van der Waals surface area contributed by atoms with Crippen LogP contribution in [0.4, 0.5) is 10.1 Å². The van der Waals surface area contributed by atoms with Gasteiger partial charge in [0.1, 0.15) is 11.4 Å². The number of nitrogens with zero attached hydrogens (tertiary/aromatic N) is 2. The minimum absolute atomic E-state index is 0.0104. The maximum Gasteiger partial charge on any atom is 0.290 e. The monoisotopic (exact) mass is 504 g/mol. The number of non-ortho nitro benzene ring substituents is 1. The lowest BCUT2D eigenvalue weighted by molar-refractivity contribution is -0.384. The molecule has 0 bridgehead atoms. The first kappa shape index (κ1) is 24.0. The SMILES string of the molecule is COc1ccc(CCN2C(=O)c3oc4ccc(F)cc4c(=O)c3C2c2cccc([N+](=O)[O-])c2)cc1OC. The highest BCUT2D eigenvalue weighted by atomic mass is 19.1. The standard InChI is InChI=1S/C27H21FN2O7/c1-35-21-8-6-15(12-22(21)36-2)10-11-29-24(16-4-3-5-18(13-16)30(33)34)23-25(31)19-14-17(28)7-9-20(19)37-26(23)27(29)32/h3-9,12-14,24H,10-11H2,1-2H3. The number of hydrogen-bond acceptors (Lipinski definition) is 7. The maximum absolute atomic E-state index is 14.0. The first-order valence-electron chi connectivity index (χ1n) is 11.3. The number of nitro groups is 1. The van der Waals surface area contributed by atoms with Crippen LogP contribution in [0.2, 0.25) is 0 Å². The third kappa shape index (κ3) is 4.16. The highest BCUT2D eigenvalue weighted by Gasteiger charge is 2.43. The largest absolute Gasteiger partial charge is 0.493 e. The Morgan fingerprint density at radius 1 is 1.03 bits per heavy atom. The molecule has 37 heavy (non-hydrogen) atoms. The van der Waals surface area contributed by atoms with Crippen molar-refractivity contribution >= 4 is 22.6 Å². The average molecular weight is 504 g/mol. The number of amides is 1. The number of fused-ring (bicyclic) bond motifs is 2. The third-order valence-corrected chi connectivity index (χ3v) is 6.41. The summed E-state index contributed by atoms with van der Waals surface area (Å²) in [6, 6.07) is 13.7. The van der Waals surface area contributed by atoms with Gasteiger partial charge in [-0.25, -0.2) is 4.39 Å². The molecule has 0 radical (unpaired) electrons. The predicted molar refractivity (Wildman–Crippen MR) is 132 cm³/mol. The molecule has 4 aromatic rings. The van der Waals surface area contributed by atoms with E-state index in [1.807, 2.05) is 6.07 Å². The summed E-state index contributed by atoms with van der Waals surface area (Å²) >= 11 is 0. The number of benzene rings is 3. The Morgan fingerprint density at radius 2 is 1.81 bits per heavy atom. The molecule has 10 heteroatoms. The van der Waals surface area contributed by atoms with Gasteiger partial charge in [0, 0.05) is 18.7 Å². The van der Waals surface area contributed by atoms with Gasteiger partial charge in [-0.1, -0.05) is 18.2 Å². The lowest BCUT2D eigenvalue weighted by Crippen LogP contribution is -2.31. The fourth-order valence-electron chi connectivity index (χ4n) is 4.66. The molecule has 0 aliphatic carbocycles. The molecule has 5 rings (SSSR count). The number of carbonyl (C=O) groups excluding carboxylic acids is 1. The Balaban J connectivity index is 1.62. The summed E-state index contributed by atoms with van der Waals surface area (Å²) in [4.78, 5) is 39.4. The molecular weight excluding hydrogens is 483 g/mol. The zero-order valence-electron chi connectivity index (χ0n) is 19.9. The molecule has 0 saturated heterocycles. The van der Waals surface area contributed by atoms with Gasteiger partial charge in [-0.05, 0) is 47.9 Å². The van der Waals surface area contributed by atoms with Crippen molar-refractivity contribution in [2.45, 2.75) is 12.5 Å². The Labute approximate surface area is 209 Å². The Morgan fingerprint density at radius 3 is 2.54 bits per heavy atom. The molecule has 188 valence electrons. The number of methoxy groups -OCH3 is 2. The molecule has 1 aromatic heterocycles. The summed E-state index contributed by atoms with van der Waals surface area (Å²) in [5.74, 6) is -0.236. The lowest BCUT2D eigenvalue weighted by atomic mass is 9.97. The highest BCUT2D eigenvalue weighted by Crippen LogP contribution is 2.39. The Bertz CT molecular complexity index is 1610. The number of nitro benzene ring substituents is 1. The van der Waals surface area contributed by atoms with Gasteiger partial charge >= 0.3 is 0 Å². The molecule has 0 N–H and O–H groups in total. The van der Waals surface area contributed by atoms with Crippen molar-refractivity contribution in [2.24, 2.45) is 0 Å². The van der Waals surface area contributed by atoms with Crippen LogP contribution in [-0.4, -0.2) is 36.5 Å². The van der Waals surface area contributed by atoms with Crippen molar-refractivity contribution in [2.75, 3.05) is 20.8 Å². The molecule has 0 spiro atoms. The van der Waals surface area contributed by atoms with E-state index in [-0.39, 0.29) is 34.5 Å². The van der Waals surface area contributed by atoms with Gasteiger partial charge in [-0.3, -0.25) is 19.7 Å². The molecular formula is C27H21FN2O7. The number of carbonyl (C=O) groups is 1. The highest BCUT2D eigenvalue weighted by molar-refractivity contribution is 5.99. The molecule has 3 aromatic carbocycles. The van der Waals surface area contributed by atoms with E-state index in [1.54, 1.807) is 18.2 Å². The summed E-state index contributed by atoms with van der Waals surface area (Å²) in [5, 5.41) is 11.4. The van der Waals surface area contributed by atoms with Crippen molar-refractivity contribution < 1.29 is 28.0 Å². The summed E-state index contributed by atoms with van der Waals surface area (Å²) in [5.41, 5.74) is 0.569. The van der Waals surface area contributed by atoms with Gasteiger partial charge < -0.3 is 18.8 Å². The minimum Gasteiger partial charge on any atom is -0.493 e. The molecule has 9 nitrogen and oxygen atoms in total. The molecule has 1 aliphatic heterocycles. The van der Waals surface area contributed by atoms with E-state index in [1.165, 1.54) is 43.4 Å². The van der Waals surface area contributed by atoms with Crippen molar-refractivity contribution in [1.29, 1.82) is 0 Å². The summed E-state index contributed by atoms with van der Waals surface area (Å²) in [7, 11) is 3.05. The normalized spacial score (nSPS) is 14.6. The topological polar surface area (TPSA) is 112 Å². The first-order chi connectivity index (χ1) is 17.8. The van der Waals surface area contributed by atoms with E-state index in [0.717, 1.165) is 17.7 Å². The molecule has 1 amide bonds. The summed E-state index contributed by atoms with van der Waals surface area (Å²) in [6.45, 7) is 0.163. The maximum atomic E-state index is 14.0. The second-order valence-electron chi connectivity index (χ2n) is 8.51. The summed E-state index contributed by atoms with van der Waals surface area (Å²) < 4.78 is 30.4. The number of hydrogen-bond donors (Lipinski definition) is 0. The second-order valence-corrected chi connectivity index (χ2v) is 8.51. The van der Waals surface area contributed by atoms with Crippen molar-refractivity contribution in [3.05, 3.63) is 109 Å². The van der Waals surface area contributed by atoms with Crippen LogP contribution < -0.4 is 14.9 Å². The van der Waals surface area contributed by atoms with E-state index < -0.39 is 28.1 Å². The predicted octanol–water partition coefficient (Wildman–Crippen LogP) is 4.65. The van der Waals surface area contributed by atoms with Crippen LogP contribution in [0.5, 0.6) is 11.5 Å². The van der Waals surface area contributed by atoms with Crippen LogP contribution in [0.25, 0.3) is 11.0 Å². The smallest absolute Gasteiger partial charge is 0.290 e. The third-order valence-electron chi connectivity index (χ3n) is 6.41. The van der Waals surface area contributed by atoms with Crippen LogP contribution in [0.3, 0.4) is 0 Å². The van der Waals surface area contributed by atoms with Crippen molar-refractivity contribution in [1.82, 2.24) is 4.90 Å². The first-order valence-corrected chi connectivity index (χ1v) is 11.3. The van der Waals surface area contributed by atoms with Gasteiger partial charge in [0.05, 0.1) is 36.1 Å². The molecule has 1 aliphatic rings. The average Bonchev–Trinajstić information content (AvgIpc) is 3.19.